The number of aliphatic carboxylic acids is 1. The molecule has 2 aromatic rings. The molecule has 0 aromatic heterocycles. The standard InChI is InChI=1S/C18H19NO4S/c1-13(2)18(17(20)21,14-8-4-3-5-9-14)12-24-16-11-7-6-10-15(16)19(22)23/h3-11,13H,12H2,1-2H3,(H,20,21)/t18-/m1/s1. The van der Waals surface area contributed by atoms with Gasteiger partial charge in [0.2, 0.25) is 0 Å². The number of nitro benzene ring substituents is 1. The number of benzene rings is 2. The fraction of sp³-hybridized carbons (Fsp3) is 0.278. The van der Waals surface area contributed by atoms with Crippen LogP contribution in [-0.2, 0) is 10.2 Å². The van der Waals surface area contributed by atoms with Crippen molar-refractivity contribution in [1.82, 2.24) is 0 Å². The van der Waals surface area contributed by atoms with Crippen LogP contribution < -0.4 is 0 Å². The highest BCUT2D eigenvalue weighted by Gasteiger charge is 2.43. The highest BCUT2D eigenvalue weighted by atomic mass is 32.2. The van der Waals surface area contributed by atoms with E-state index in [-0.39, 0.29) is 17.4 Å². The molecule has 0 unspecified atom stereocenters. The predicted octanol–water partition coefficient (Wildman–Crippen LogP) is 4.37. The molecule has 0 aliphatic rings. The van der Waals surface area contributed by atoms with Crippen LogP contribution in [0.25, 0.3) is 0 Å². The van der Waals surface area contributed by atoms with Gasteiger partial charge in [-0.2, -0.15) is 0 Å². The largest absolute Gasteiger partial charge is 0.481 e. The van der Waals surface area contributed by atoms with Crippen LogP contribution in [0.5, 0.6) is 0 Å². The first-order valence-electron chi connectivity index (χ1n) is 7.54. The van der Waals surface area contributed by atoms with Crippen molar-refractivity contribution >= 4 is 23.4 Å². The average molecular weight is 345 g/mol. The Morgan fingerprint density at radius 3 is 2.29 bits per heavy atom. The van der Waals surface area contributed by atoms with E-state index in [2.05, 4.69) is 0 Å². The van der Waals surface area contributed by atoms with Crippen LogP contribution in [0, 0.1) is 16.0 Å². The van der Waals surface area contributed by atoms with Gasteiger partial charge in [-0.3, -0.25) is 14.9 Å². The van der Waals surface area contributed by atoms with Crippen molar-refractivity contribution in [3.8, 4) is 0 Å². The van der Waals surface area contributed by atoms with Gasteiger partial charge in [-0.1, -0.05) is 56.3 Å². The van der Waals surface area contributed by atoms with Crippen molar-refractivity contribution in [3.63, 3.8) is 0 Å². The van der Waals surface area contributed by atoms with Crippen LogP contribution in [0.4, 0.5) is 5.69 Å². The van der Waals surface area contributed by atoms with Crippen LogP contribution in [0.1, 0.15) is 19.4 Å². The van der Waals surface area contributed by atoms with E-state index in [1.165, 1.54) is 17.8 Å². The topological polar surface area (TPSA) is 80.4 Å². The summed E-state index contributed by atoms with van der Waals surface area (Å²) < 4.78 is 0. The summed E-state index contributed by atoms with van der Waals surface area (Å²) in [7, 11) is 0. The van der Waals surface area contributed by atoms with E-state index in [1.54, 1.807) is 30.3 Å². The zero-order valence-electron chi connectivity index (χ0n) is 13.5. The lowest BCUT2D eigenvalue weighted by molar-refractivity contribution is -0.387. The van der Waals surface area contributed by atoms with E-state index in [0.717, 1.165) is 0 Å². The second-order valence-corrected chi connectivity index (χ2v) is 6.83. The maximum Gasteiger partial charge on any atom is 0.315 e. The summed E-state index contributed by atoms with van der Waals surface area (Å²) in [6, 6.07) is 15.5. The van der Waals surface area contributed by atoms with E-state index in [1.807, 2.05) is 32.0 Å². The summed E-state index contributed by atoms with van der Waals surface area (Å²) in [5.74, 6) is -0.878. The maximum absolute atomic E-state index is 12.2. The number of hydrogen-bond donors (Lipinski definition) is 1. The first-order chi connectivity index (χ1) is 11.4. The molecule has 1 N–H and O–H groups in total. The quantitative estimate of drug-likeness (QED) is 0.458. The van der Waals surface area contributed by atoms with Gasteiger partial charge in [0.25, 0.3) is 5.69 Å². The first kappa shape index (κ1) is 18.0. The van der Waals surface area contributed by atoms with Crippen molar-refractivity contribution in [2.24, 2.45) is 5.92 Å². The number of carboxylic acid groups (broad SMARTS) is 1. The van der Waals surface area contributed by atoms with Gasteiger partial charge in [0.05, 0.1) is 9.82 Å². The Hall–Kier alpha value is -2.34. The number of carbonyl (C=O) groups is 1. The van der Waals surface area contributed by atoms with Gasteiger partial charge in [-0.25, -0.2) is 0 Å². The molecule has 0 radical (unpaired) electrons. The SMILES string of the molecule is CC(C)[C@@](CSc1ccccc1[N+](=O)[O-])(C(=O)O)c1ccccc1. The minimum Gasteiger partial charge on any atom is -0.481 e. The molecule has 0 saturated carbocycles. The Labute approximate surface area is 144 Å². The Morgan fingerprint density at radius 1 is 1.17 bits per heavy atom. The third-order valence-corrected chi connectivity index (χ3v) is 5.43. The van der Waals surface area contributed by atoms with Crippen LogP contribution >= 0.6 is 11.8 Å². The average Bonchev–Trinajstić information content (AvgIpc) is 2.56. The lowest BCUT2D eigenvalue weighted by atomic mass is 9.73. The van der Waals surface area contributed by atoms with Gasteiger partial charge in [0, 0.05) is 11.8 Å². The fourth-order valence-corrected chi connectivity index (χ4v) is 4.14. The molecular weight excluding hydrogens is 326 g/mol. The zero-order chi connectivity index (χ0) is 17.7. The highest BCUT2D eigenvalue weighted by Crippen LogP contribution is 2.40. The summed E-state index contributed by atoms with van der Waals surface area (Å²) in [5, 5.41) is 21.1. The summed E-state index contributed by atoms with van der Waals surface area (Å²) >= 11 is 1.21. The second-order valence-electron chi connectivity index (χ2n) is 5.81. The maximum atomic E-state index is 12.2. The van der Waals surface area contributed by atoms with Crippen molar-refractivity contribution in [1.29, 1.82) is 0 Å². The Bertz CT molecular complexity index is 733. The molecule has 126 valence electrons. The minimum atomic E-state index is -1.12. The molecule has 2 aromatic carbocycles. The van der Waals surface area contributed by atoms with Gasteiger partial charge in [-0.15, -0.1) is 11.8 Å². The molecule has 2 rings (SSSR count). The van der Waals surface area contributed by atoms with Crippen molar-refractivity contribution in [2.45, 2.75) is 24.2 Å². The van der Waals surface area contributed by atoms with Gasteiger partial charge in [0.1, 0.15) is 5.41 Å². The Balaban J connectivity index is 2.41. The summed E-state index contributed by atoms with van der Waals surface area (Å²) in [6.07, 6.45) is 0. The van der Waals surface area contributed by atoms with Crippen LogP contribution in [0.15, 0.2) is 59.5 Å². The predicted molar refractivity (Wildman–Crippen MR) is 94.4 cm³/mol. The number of rotatable bonds is 7. The molecule has 6 heteroatoms. The summed E-state index contributed by atoms with van der Waals surface area (Å²) in [5.41, 5.74) is -0.410. The smallest absolute Gasteiger partial charge is 0.315 e. The van der Waals surface area contributed by atoms with Gasteiger partial charge >= 0.3 is 5.97 Å². The number of nitrogens with zero attached hydrogens (tertiary/aromatic N) is 1. The molecule has 1 atom stereocenters. The first-order valence-corrected chi connectivity index (χ1v) is 8.53. The molecule has 0 bridgehead atoms. The third-order valence-electron chi connectivity index (χ3n) is 4.17. The lowest BCUT2D eigenvalue weighted by Crippen LogP contribution is -2.43. The van der Waals surface area contributed by atoms with E-state index in [0.29, 0.717) is 10.5 Å². The molecule has 24 heavy (non-hydrogen) atoms. The van der Waals surface area contributed by atoms with E-state index < -0.39 is 16.3 Å². The number of hydrogen-bond acceptors (Lipinski definition) is 4. The van der Waals surface area contributed by atoms with Gasteiger partial charge < -0.3 is 5.11 Å². The molecule has 0 amide bonds. The van der Waals surface area contributed by atoms with E-state index >= 15 is 0 Å². The van der Waals surface area contributed by atoms with Crippen LogP contribution in [0.3, 0.4) is 0 Å². The van der Waals surface area contributed by atoms with E-state index in [9.17, 15) is 20.0 Å². The normalized spacial score (nSPS) is 13.5. The minimum absolute atomic E-state index is 0.00129. The molecule has 0 spiro atoms. The van der Waals surface area contributed by atoms with Crippen LogP contribution in [0.2, 0.25) is 0 Å². The van der Waals surface area contributed by atoms with Crippen molar-refractivity contribution in [2.75, 3.05) is 5.75 Å². The van der Waals surface area contributed by atoms with Crippen molar-refractivity contribution in [3.05, 3.63) is 70.3 Å². The number of thioether (sulfide) groups is 1. The monoisotopic (exact) mass is 345 g/mol. The molecule has 0 saturated heterocycles. The third kappa shape index (κ3) is 3.43. The molecule has 0 aliphatic carbocycles. The molecule has 0 heterocycles. The summed E-state index contributed by atoms with van der Waals surface area (Å²) in [6.45, 7) is 3.72. The number of carboxylic acids is 1. The summed E-state index contributed by atoms with van der Waals surface area (Å²) in [4.78, 5) is 23.4. The fourth-order valence-electron chi connectivity index (χ4n) is 2.67. The zero-order valence-corrected chi connectivity index (χ0v) is 14.3. The van der Waals surface area contributed by atoms with Crippen molar-refractivity contribution < 1.29 is 14.8 Å². The van der Waals surface area contributed by atoms with Gasteiger partial charge in [-0.05, 0) is 17.5 Å². The lowest BCUT2D eigenvalue weighted by Gasteiger charge is -2.33. The molecule has 0 aliphatic heterocycles. The van der Waals surface area contributed by atoms with Crippen LogP contribution in [-0.4, -0.2) is 21.8 Å². The molecule has 0 fully saturated rings. The van der Waals surface area contributed by atoms with E-state index in [4.69, 9.17) is 0 Å². The van der Waals surface area contributed by atoms with Gasteiger partial charge in [0.15, 0.2) is 0 Å². The molecule has 5 nitrogen and oxygen atoms in total. The number of nitro groups is 1. The molecular formula is C18H19NO4S. The second kappa shape index (κ2) is 7.49. The highest BCUT2D eigenvalue weighted by molar-refractivity contribution is 7.99. The Morgan fingerprint density at radius 2 is 1.75 bits per heavy atom. The Kier molecular flexibility index (Phi) is 5.62. The number of para-hydroxylation sites is 1.